The molecular formula is C24H26O10. The first-order chi connectivity index (χ1) is 16.0. The zero-order valence-corrected chi connectivity index (χ0v) is 20.2. The van der Waals surface area contributed by atoms with Crippen molar-refractivity contribution >= 4 is 23.9 Å². The van der Waals surface area contributed by atoms with Gasteiger partial charge < -0.3 is 28.4 Å². The van der Waals surface area contributed by atoms with E-state index in [1.54, 1.807) is 13.8 Å². The molecule has 0 unspecified atom stereocenters. The van der Waals surface area contributed by atoms with Gasteiger partial charge in [0.15, 0.2) is 11.6 Å². The quantitative estimate of drug-likeness (QED) is 0.317. The summed E-state index contributed by atoms with van der Waals surface area (Å²) in [5.74, 6) is -0.389. The lowest BCUT2D eigenvalue weighted by atomic mass is 9.87. The second kappa shape index (κ2) is 10.7. The summed E-state index contributed by atoms with van der Waals surface area (Å²) in [6, 6.07) is 2.75. The Labute approximate surface area is 196 Å². The van der Waals surface area contributed by atoms with E-state index >= 15 is 0 Å². The van der Waals surface area contributed by atoms with Gasteiger partial charge in [-0.2, -0.15) is 0 Å². The smallest absolute Gasteiger partial charge is 0.496 e. The highest BCUT2D eigenvalue weighted by atomic mass is 16.7. The third-order valence-electron chi connectivity index (χ3n) is 5.12. The van der Waals surface area contributed by atoms with Crippen LogP contribution in [0.5, 0.6) is 23.0 Å². The lowest BCUT2D eigenvalue weighted by Gasteiger charge is -2.23. The molecule has 2 aromatic rings. The number of rotatable bonds is 7. The van der Waals surface area contributed by atoms with E-state index in [-0.39, 0.29) is 45.7 Å². The molecule has 0 bridgehead atoms. The van der Waals surface area contributed by atoms with Gasteiger partial charge in [0.1, 0.15) is 23.0 Å². The van der Waals surface area contributed by atoms with E-state index in [0.717, 1.165) is 14.2 Å². The summed E-state index contributed by atoms with van der Waals surface area (Å²) < 4.78 is 30.5. The van der Waals surface area contributed by atoms with Crippen LogP contribution in [0, 0.1) is 13.8 Å². The fourth-order valence-corrected chi connectivity index (χ4v) is 3.76. The van der Waals surface area contributed by atoms with E-state index < -0.39 is 12.3 Å². The maximum Gasteiger partial charge on any atom is 0.513 e. The average Bonchev–Trinajstić information content (AvgIpc) is 2.78. The highest BCUT2D eigenvalue weighted by Gasteiger charge is 2.29. The van der Waals surface area contributed by atoms with Crippen molar-refractivity contribution in [3.05, 3.63) is 34.4 Å². The molecule has 0 aromatic heterocycles. The topological polar surface area (TPSA) is 124 Å². The second-order valence-corrected chi connectivity index (χ2v) is 7.13. The van der Waals surface area contributed by atoms with E-state index in [1.807, 2.05) is 0 Å². The number of ketones is 2. The summed E-state index contributed by atoms with van der Waals surface area (Å²) in [4.78, 5) is 48.5. The van der Waals surface area contributed by atoms with Crippen LogP contribution >= 0.6 is 0 Å². The van der Waals surface area contributed by atoms with E-state index in [2.05, 4.69) is 9.47 Å². The number of Topliss-reactive ketones (excluding diaryl/α,β-unsaturated/α-hetero) is 2. The predicted molar refractivity (Wildman–Crippen MR) is 121 cm³/mol. The molecule has 0 amide bonds. The molecule has 10 heteroatoms. The van der Waals surface area contributed by atoms with Crippen LogP contribution in [0.25, 0.3) is 11.1 Å². The van der Waals surface area contributed by atoms with Gasteiger partial charge in [-0.15, -0.1) is 0 Å². The number of carbonyl (C=O) groups excluding carboxylic acids is 4. The molecule has 0 heterocycles. The van der Waals surface area contributed by atoms with Gasteiger partial charge in [0.2, 0.25) is 0 Å². The molecule has 0 N–H and O–H groups in total. The Kier molecular flexibility index (Phi) is 8.23. The van der Waals surface area contributed by atoms with E-state index in [4.69, 9.17) is 18.9 Å². The number of ether oxygens (including phenoxy) is 6. The molecule has 0 aliphatic heterocycles. The van der Waals surface area contributed by atoms with Crippen LogP contribution in [0.2, 0.25) is 0 Å². The number of methoxy groups -OCH3 is 4. The fraction of sp³-hybridized carbons (Fsp3) is 0.333. The molecule has 2 rings (SSSR count). The number of hydrogen-bond donors (Lipinski definition) is 0. The molecule has 0 fully saturated rings. The van der Waals surface area contributed by atoms with Crippen LogP contribution in [0.1, 0.15) is 45.7 Å². The molecule has 0 saturated carbocycles. The lowest BCUT2D eigenvalue weighted by Crippen LogP contribution is -2.14. The second-order valence-electron chi connectivity index (χ2n) is 7.13. The van der Waals surface area contributed by atoms with E-state index in [0.29, 0.717) is 22.3 Å². The predicted octanol–water partition coefficient (Wildman–Crippen LogP) is 4.68. The molecule has 0 aliphatic carbocycles. The first-order valence-corrected chi connectivity index (χ1v) is 9.99. The van der Waals surface area contributed by atoms with Crippen LogP contribution in [0.4, 0.5) is 9.59 Å². The number of benzene rings is 2. The van der Waals surface area contributed by atoms with Crippen LogP contribution in [-0.4, -0.2) is 52.3 Å². The minimum Gasteiger partial charge on any atom is -0.496 e. The molecule has 10 nitrogen and oxygen atoms in total. The van der Waals surface area contributed by atoms with Crippen LogP contribution in [0.15, 0.2) is 12.1 Å². The number of carbonyl (C=O) groups is 4. The minimum absolute atomic E-state index is 0.0495. The van der Waals surface area contributed by atoms with Crippen molar-refractivity contribution in [3.8, 4) is 34.1 Å². The molecule has 2 aromatic carbocycles. The van der Waals surface area contributed by atoms with Crippen LogP contribution in [0.3, 0.4) is 0 Å². The summed E-state index contributed by atoms with van der Waals surface area (Å²) in [6.07, 6.45) is -2.01. The summed E-state index contributed by atoms with van der Waals surface area (Å²) >= 11 is 0. The van der Waals surface area contributed by atoms with E-state index in [1.165, 1.54) is 40.2 Å². The number of hydrogen-bond acceptors (Lipinski definition) is 10. The summed E-state index contributed by atoms with van der Waals surface area (Å²) in [5, 5.41) is 0. The molecule has 0 atom stereocenters. The van der Waals surface area contributed by atoms with Gasteiger partial charge >= 0.3 is 12.3 Å². The molecule has 182 valence electrons. The van der Waals surface area contributed by atoms with Crippen LogP contribution in [-0.2, 0) is 9.47 Å². The summed E-state index contributed by atoms with van der Waals surface area (Å²) in [7, 11) is 5.08. The first kappa shape index (κ1) is 26.2. The third kappa shape index (κ3) is 4.95. The Morgan fingerprint density at radius 1 is 0.588 bits per heavy atom. The molecule has 0 spiro atoms. The highest BCUT2D eigenvalue weighted by molar-refractivity contribution is 6.05. The maximum absolute atomic E-state index is 12.5. The van der Waals surface area contributed by atoms with Gasteiger partial charge in [-0.3, -0.25) is 9.59 Å². The van der Waals surface area contributed by atoms with Crippen molar-refractivity contribution < 1.29 is 47.6 Å². The zero-order chi connectivity index (χ0) is 25.7. The molecule has 34 heavy (non-hydrogen) atoms. The Balaban J connectivity index is 2.99. The Hall–Kier alpha value is -4.08. The Morgan fingerprint density at radius 3 is 1.15 bits per heavy atom. The lowest BCUT2D eigenvalue weighted by molar-refractivity contribution is 0.0992. The maximum atomic E-state index is 12.5. The standard InChI is InChI=1S/C24H26O10/c1-11-19(13(3)25)17(33-23(27)31-7)9-15(29-5)21(11)22-12(2)20(14(4)26)18(10-16(22)30-6)34-24(28)32-8/h9-10H,1-8H3. The Morgan fingerprint density at radius 2 is 0.912 bits per heavy atom. The molecular weight excluding hydrogens is 448 g/mol. The van der Waals surface area contributed by atoms with E-state index in [9.17, 15) is 19.2 Å². The van der Waals surface area contributed by atoms with Crippen molar-refractivity contribution in [2.75, 3.05) is 28.4 Å². The van der Waals surface area contributed by atoms with Crippen molar-refractivity contribution in [3.63, 3.8) is 0 Å². The van der Waals surface area contributed by atoms with Crippen molar-refractivity contribution in [2.24, 2.45) is 0 Å². The highest BCUT2D eigenvalue weighted by Crippen LogP contribution is 2.48. The summed E-state index contributed by atoms with van der Waals surface area (Å²) in [6.45, 7) is 5.93. The monoisotopic (exact) mass is 474 g/mol. The molecule has 0 aliphatic rings. The fourth-order valence-electron chi connectivity index (χ4n) is 3.76. The SMILES string of the molecule is COC(=O)Oc1cc(OC)c(-c2c(OC)cc(OC(=O)OC)c(C(C)=O)c2C)c(C)c1C(C)=O. The largest absolute Gasteiger partial charge is 0.513 e. The third-order valence-corrected chi connectivity index (χ3v) is 5.12. The van der Waals surface area contributed by atoms with Gasteiger partial charge in [-0.05, 0) is 38.8 Å². The van der Waals surface area contributed by atoms with Gasteiger partial charge in [-0.25, -0.2) is 9.59 Å². The Bertz CT molecular complexity index is 1070. The van der Waals surface area contributed by atoms with Crippen molar-refractivity contribution in [1.29, 1.82) is 0 Å². The molecule has 0 saturated heterocycles. The minimum atomic E-state index is -1.01. The van der Waals surface area contributed by atoms with Crippen molar-refractivity contribution in [1.82, 2.24) is 0 Å². The van der Waals surface area contributed by atoms with Gasteiger partial charge in [0.25, 0.3) is 0 Å². The zero-order valence-electron chi connectivity index (χ0n) is 20.2. The van der Waals surface area contributed by atoms with Gasteiger partial charge in [-0.1, -0.05) is 0 Å². The normalized spacial score (nSPS) is 10.2. The molecule has 0 radical (unpaired) electrons. The van der Waals surface area contributed by atoms with Crippen LogP contribution < -0.4 is 18.9 Å². The summed E-state index contributed by atoms with van der Waals surface area (Å²) in [5.41, 5.74) is 1.88. The van der Waals surface area contributed by atoms with Gasteiger partial charge in [0.05, 0.1) is 39.6 Å². The van der Waals surface area contributed by atoms with Gasteiger partial charge in [0, 0.05) is 23.3 Å². The average molecular weight is 474 g/mol. The first-order valence-electron chi connectivity index (χ1n) is 9.99. The van der Waals surface area contributed by atoms with Crippen molar-refractivity contribution in [2.45, 2.75) is 27.7 Å².